The zero-order valence-corrected chi connectivity index (χ0v) is 16.8. The van der Waals surface area contributed by atoms with E-state index in [9.17, 15) is 4.79 Å². The lowest BCUT2D eigenvalue weighted by Crippen LogP contribution is -2.33. The van der Waals surface area contributed by atoms with E-state index in [1.807, 2.05) is 57.3 Å². The minimum Gasteiger partial charge on any atom is -0.379 e. The van der Waals surface area contributed by atoms with Crippen LogP contribution in [0.1, 0.15) is 25.8 Å². The van der Waals surface area contributed by atoms with Gasteiger partial charge >= 0.3 is 0 Å². The second-order valence-corrected chi connectivity index (χ2v) is 8.17. The summed E-state index contributed by atoms with van der Waals surface area (Å²) in [6, 6.07) is 12.1. The minimum absolute atomic E-state index is 0.0992. The molecule has 0 radical (unpaired) electrons. The first-order valence-electron chi connectivity index (χ1n) is 9.83. The van der Waals surface area contributed by atoms with Crippen LogP contribution in [0.5, 0.6) is 0 Å². The molecule has 8 heteroatoms. The minimum atomic E-state index is -0.505. The third-order valence-electron chi connectivity index (χ3n) is 5.77. The summed E-state index contributed by atoms with van der Waals surface area (Å²) in [6.07, 6.45) is 0.980. The molecule has 3 aromatic rings. The van der Waals surface area contributed by atoms with Crippen molar-refractivity contribution in [3.8, 4) is 0 Å². The van der Waals surface area contributed by atoms with E-state index in [-0.39, 0.29) is 11.9 Å². The maximum atomic E-state index is 12.5. The maximum absolute atomic E-state index is 12.5. The molecule has 0 aliphatic carbocycles. The van der Waals surface area contributed by atoms with Crippen LogP contribution in [0, 0.1) is 0 Å². The molecule has 1 saturated heterocycles. The molecule has 2 aliphatic heterocycles. The fourth-order valence-corrected chi connectivity index (χ4v) is 4.11. The van der Waals surface area contributed by atoms with Gasteiger partial charge in [0, 0.05) is 25.0 Å². The Morgan fingerprint density at radius 2 is 2.10 bits per heavy atom. The number of ether oxygens (including phenoxy) is 1. The van der Waals surface area contributed by atoms with Crippen LogP contribution in [0.2, 0.25) is 0 Å². The molecule has 2 aliphatic rings. The van der Waals surface area contributed by atoms with Crippen LogP contribution in [0.25, 0.3) is 5.65 Å². The summed E-state index contributed by atoms with van der Waals surface area (Å²) in [5, 5.41) is 11.4. The number of likely N-dealkylation sites (N-methyl/N-ethyl adjacent to an activating group) is 1. The van der Waals surface area contributed by atoms with E-state index in [0.29, 0.717) is 12.6 Å². The smallest absolute Gasteiger partial charge is 0.247 e. The number of carbonyl (C=O) groups excluding carboxylic acids is 1. The Labute approximate surface area is 168 Å². The van der Waals surface area contributed by atoms with E-state index < -0.39 is 5.41 Å². The Hall–Kier alpha value is -3.13. The van der Waals surface area contributed by atoms with Gasteiger partial charge in [0.05, 0.1) is 18.1 Å². The van der Waals surface area contributed by atoms with Crippen molar-refractivity contribution < 1.29 is 9.53 Å². The van der Waals surface area contributed by atoms with E-state index in [0.717, 1.165) is 41.4 Å². The second-order valence-electron chi connectivity index (χ2n) is 8.17. The molecule has 4 heterocycles. The highest BCUT2D eigenvalue weighted by Crippen LogP contribution is 2.42. The second kappa shape index (κ2) is 6.45. The SMILES string of the molecule is CN1C(=O)C(C)(C)c2ccc(Nc3nc4cccc(N[C@H]5CCOC5)n4n3)cc21. The van der Waals surface area contributed by atoms with E-state index in [4.69, 9.17) is 4.74 Å². The highest BCUT2D eigenvalue weighted by atomic mass is 16.5. The van der Waals surface area contributed by atoms with E-state index in [1.165, 1.54) is 0 Å². The number of benzene rings is 1. The van der Waals surface area contributed by atoms with Crippen LogP contribution >= 0.6 is 0 Å². The third kappa shape index (κ3) is 2.91. The quantitative estimate of drug-likeness (QED) is 0.710. The lowest BCUT2D eigenvalue weighted by Gasteiger charge is -2.16. The number of anilines is 4. The number of hydrogen-bond donors (Lipinski definition) is 2. The number of nitrogens with one attached hydrogen (secondary N) is 2. The molecule has 1 atom stereocenters. The van der Waals surface area contributed by atoms with Crippen molar-refractivity contribution in [1.82, 2.24) is 14.6 Å². The zero-order valence-electron chi connectivity index (χ0n) is 16.8. The monoisotopic (exact) mass is 392 g/mol. The van der Waals surface area contributed by atoms with Crippen molar-refractivity contribution in [3.05, 3.63) is 42.0 Å². The number of carbonyl (C=O) groups is 1. The molecule has 0 bridgehead atoms. The van der Waals surface area contributed by atoms with Gasteiger partial charge in [-0.2, -0.15) is 9.50 Å². The molecule has 0 spiro atoms. The number of rotatable bonds is 4. The van der Waals surface area contributed by atoms with Crippen molar-refractivity contribution >= 4 is 34.7 Å². The summed E-state index contributed by atoms with van der Waals surface area (Å²) in [6.45, 7) is 5.40. The van der Waals surface area contributed by atoms with Gasteiger partial charge in [-0.15, -0.1) is 5.10 Å². The average Bonchev–Trinajstić information content (AvgIpc) is 3.39. The Morgan fingerprint density at radius 1 is 1.24 bits per heavy atom. The molecular formula is C21H24N6O2. The molecular weight excluding hydrogens is 368 g/mol. The van der Waals surface area contributed by atoms with Crippen molar-refractivity contribution in [2.45, 2.75) is 31.7 Å². The Balaban J connectivity index is 1.43. The predicted octanol–water partition coefficient (Wildman–Crippen LogP) is 2.93. The maximum Gasteiger partial charge on any atom is 0.247 e. The Kier molecular flexibility index (Phi) is 3.99. The van der Waals surface area contributed by atoms with Gasteiger partial charge in [-0.3, -0.25) is 4.79 Å². The molecule has 0 saturated carbocycles. The number of pyridine rings is 1. The van der Waals surface area contributed by atoms with Crippen LogP contribution < -0.4 is 15.5 Å². The van der Waals surface area contributed by atoms with E-state index in [1.54, 1.807) is 9.42 Å². The van der Waals surface area contributed by atoms with Gasteiger partial charge in [-0.25, -0.2) is 0 Å². The van der Waals surface area contributed by atoms with Crippen molar-refractivity contribution in [1.29, 1.82) is 0 Å². The lowest BCUT2D eigenvalue weighted by atomic mass is 9.86. The predicted molar refractivity (Wildman–Crippen MR) is 112 cm³/mol. The summed E-state index contributed by atoms with van der Waals surface area (Å²) in [4.78, 5) is 18.8. The van der Waals surface area contributed by atoms with Gasteiger partial charge in [0.15, 0.2) is 5.65 Å². The number of amides is 1. The molecule has 1 fully saturated rings. The molecule has 2 N–H and O–H groups in total. The van der Waals surface area contributed by atoms with Crippen molar-refractivity contribution in [2.75, 3.05) is 35.8 Å². The average molecular weight is 392 g/mol. The summed E-state index contributed by atoms with van der Waals surface area (Å²) in [5.74, 6) is 1.50. The summed E-state index contributed by atoms with van der Waals surface area (Å²) < 4.78 is 7.24. The first-order valence-corrected chi connectivity index (χ1v) is 9.83. The Morgan fingerprint density at radius 3 is 2.90 bits per heavy atom. The van der Waals surface area contributed by atoms with E-state index >= 15 is 0 Å². The normalized spacial score (nSPS) is 20.3. The van der Waals surface area contributed by atoms with Crippen LogP contribution in [0.3, 0.4) is 0 Å². The molecule has 1 aromatic carbocycles. The summed E-state index contributed by atoms with van der Waals surface area (Å²) in [7, 11) is 1.81. The highest BCUT2D eigenvalue weighted by Gasteiger charge is 2.42. The van der Waals surface area contributed by atoms with Gasteiger partial charge < -0.3 is 20.3 Å². The van der Waals surface area contributed by atoms with Crippen molar-refractivity contribution in [3.63, 3.8) is 0 Å². The van der Waals surface area contributed by atoms with Crippen LogP contribution in [-0.4, -0.2) is 46.8 Å². The van der Waals surface area contributed by atoms with Crippen LogP contribution in [0.4, 0.5) is 23.1 Å². The standard InChI is InChI=1S/C21H24N6O2/c1-21(2)15-8-7-13(11-16(15)26(3)19(21)28)23-20-24-18-6-4-5-17(27(18)25-20)22-14-9-10-29-12-14/h4-8,11,14,22H,9-10,12H2,1-3H3,(H,23,25)/t14-/m0/s1. The van der Waals surface area contributed by atoms with Crippen LogP contribution in [0.15, 0.2) is 36.4 Å². The first kappa shape index (κ1) is 17.9. The van der Waals surface area contributed by atoms with Gasteiger partial charge in [0.2, 0.25) is 11.9 Å². The Bertz CT molecular complexity index is 1100. The molecule has 150 valence electrons. The number of hydrogen-bond acceptors (Lipinski definition) is 6. The molecule has 1 amide bonds. The number of nitrogens with zero attached hydrogens (tertiary/aromatic N) is 4. The summed E-state index contributed by atoms with van der Waals surface area (Å²) in [5.41, 5.74) is 3.04. The number of fused-ring (bicyclic) bond motifs is 2. The molecule has 8 nitrogen and oxygen atoms in total. The van der Waals surface area contributed by atoms with Gasteiger partial charge in [-0.05, 0) is 50.1 Å². The topological polar surface area (TPSA) is 83.8 Å². The van der Waals surface area contributed by atoms with E-state index in [2.05, 4.69) is 20.7 Å². The lowest BCUT2D eigenvalue weighted by molar-refractivity contribution is -0.121. The molecule has 5 rings (SSSR count). The summed E-state index contributed by atoms with van der Waals surface area (Å²) >= 11 is 0. The number of aromatic nitrogens is 3. The molecule has 2 aromatic heterocycles. The van der Waals surface area contributed by atoms with Crippen LogP contribution in [-0.2, 0) is 14.9 Å². The van der Waals surface area contributed by atoms with Gasteiger partial charge in [0.25, 0.3) is 0 Å². The molecule has 29 heavy (non-hydrogen) atoms. The zero-order chi connectivity index (χ0) is 20.2. The van der Waals surface area contributed by atoms with Gasteiger partial charge in [-0.1, -0.05) is 12.1 Å². The fourth-order valence-electron chi connectivity index (χ4n) is 4.11. The highest BCUT2D eigenvalue weighted by molar-refractivity contribution is 6.07. The third-order valence-corrected chi connectivity index (χ3v) is 5.77. The van der Waals surface area contributed by atoms with Gasteiger partial charge in [0.1, 0.15) is 5.82 Å². The largest absolute Gasteiger partial charge is 0.379 e. The first-order chi connectivity index (χ1) is 13.9. The van der Waals surface area contributed by atoms with Crippen molar-refractivity contribution in [2.24, 2.45) is 0 Å². The molecule has 0 unspecified atom stereocenters. The fraction of sp³-hybridized carbons (Fsp3) is 0.381.